The van der Waals surface area contributed by atoms with E-state index < -0.39 is 16.1 Å². The first-order valence-electron chi connectivity index (χ1n) is 9.42. The van der Waals surface area contributed by atoms with Crippen molar-refractivity contribution in [3.8, 4) is 0 Å². The zero-order chi connectivity index (χ0) is 20.1. The second-order valence-electron chi connectivity index (χ2n) is 7.27. The number of hydrogen-bond donors (Lipinski definition) is 1. The highest BCUT2D eigenvalue weighted by molar-refractivity contribution is 7.89. The normalized spacial score (nSPS) is 17.2. The zero-order valence-electron chi connectivity index (χ0n) is 15.9. The van der Waals surface area contributed by atoms with E-state index in [4.69, 9.17) is 0 Å². The van der Waals surface area contributed by atoms with Crippen molar-refractivity contribution in [1.82, 2.24) is 9.37 Å². The SMILES string of the molecule is Cc1ccc(C2CCN(S(=O)(=O)CC(c3ccccc3)N(O)C=O)CC2)cc1. The molecule has 0 aromatic heterocycles. The summed E-state index contributed by atoms with van der Waals surface area (Å²) < 4.78 is 27.4. The van der Waals surface area contributed by atoms with E-state index in [0.29, 0.717) is 29.6 Å². The third-order valence-corrected chi connectivity index (χ3v) is 7.27. The highest BCUT2D eigenvalue weighted by Gasteiger charge is 2.33. The van der Waals surface area contributed by atoms with Crippen LogP contribution in [0, 0.1) is 6.92 Å². The van der Waals surface area contributed by atoms with Gasteiger partial charge in [-0.15, -0.1) is 0 Å². The van der Waals surface area contributed by atoms with Crippen LogP contribution in [0.25, 0.3) is 0 Å². The molecular weight excluding hydrogens is 376 g/mol. The van der Waals surface area contributed by atoms with Crippen molar-refractivity contribution in [2.24, 2.45) is 0 Å². The van der Waals surface area contributed by atoms with E-state index in [2.05, 4.69) is 24.3 Å². The summed E-state index contributed by atoms with van der Waals surface area (Å²) in [5, 5.41) is 10.4. The maximum Gasteiger partial charge on any atom is 0.233 e. The van der Waals surface area contributed by atoms with E-state index in [9.17, 15) is 18.4 Å². The predicted octanol–water partition coefficient (Wildman–Crippen LogP) is 3.09. The highest BCUT2D eigenvalue weighted by atomic mass is 32.2. The number of aryl methyl sites for hydroxylation is 1. The van der Waals surface area contributed by atoms with Gasteiger partial charge >= 0.3 is 0 Å². The summed E-state index contributed by atoms with van der Waals surface area (Å²) in [6.45, 7) is 2.93. The number of hydrogen-bond acceptors (Lipinski definition) is 4. The lowest BCUT2D eigenvalue weighted by molar-refractivity contribution is -0.159. The van der Waals surface area contributed by atoms with E-state index in [0.717, 1.165) is 12.8 Å². The Balaban J connectivity index is 1.69. The summed E-state index contributed by atoms with van der Waals surface area (Å²) in [4.78, 5) is 11.1. The Hall–Kier alpha value is -2.22. The molecule has 7 heteroatoms. The first-order valence-corrected chi connectivity index (χ1v) is 11.0. The van der Waals surface area contributed by atoms with Crippen molar-refractivity contribution >= 4 is 16.4 Å². The van der Waals surface area contributed by atoms with Crippen LogP contribution in [0.3, 0.4) is 0 Å². The largest absolute Gasteiger partial charge is 0.285 e. The lowest BCUT2D eigenvalue weighted by Gasteiger charge is -2.33. The highest BCUT2D eigenvalue weighted by Crippen LogP contribution is 2.30. The number of carbonyl (C=O) groups is 1. The fourth-order valence-electron chi connectivity index (χ4n) is 3.68. The molecule has 3 rings (SSSR count). The molecule has 1 heterocycles. The quantitative estimate of drug-likeness (QED) is 0.439. The van der Waals surface area contributed by atoms with Gasteiger partial charge in [-0.05, 0) is 36.8 Å². The molecule has 1 aliphatic rings. The molecule has 0 bridgehead atoms. The van der Waals surface area contributed by atoms with E-state index >= 15 is 0 Å². The van der Waals surface area contributed by atoms with Crippen LogP contribution in [-0.2, 0) is 14.8 Å². The molecular formula is C21H26N2O4S. The number of rotatable bonds is 7. The lowest BCUT2D eigenvalue weighted by Crippen LogP contribution is -2.42. The van der Waals surface area contributed by atoms with Crippen molar-refractivity contribution < 1.29 is 18.4 Å². The minimum Gasteiger partial charge on any atom is -0.285 e. The van der Waals surface area contributed by atoms with Crippen LogP contribution in [0.4, 0.5) is 0 Å². The molecule has 1 unspecified atom stereocenters. The number of carbonyl (C=O) groups excluding carboxylic acids is 1. The van der Waals surface area contributed by atoms with Gasteiger partial charge in [0.15, 0.2) is 0 Å². The predicted molar refractivity (Wildman–Crippen MR) is 107 cm³/mol. The summed E-state index contributed by atoms with van der Waals surface area (Å²) >= 11 is 0. The molecule has 1 amide bonds. The molecule has 1 aliphatic heterocycles. The fourth-order valence-corrected chi connectivity index (χ4v) is 5.41. The minimum absolute atomic E-state index is 0.247. The second-order valence-corrected chi connectivity index (χ2v) is 9.29. The second kappa shape index (κ2) is 8.86. The van der Waals surface area contributed by atoms with E-state index in [1.165, 1.54) is 15.4 Å². The van der Waals surface area contributed by atoms with Gasteiger partial charge < -0.3 is 0 Å². The smallest absolute Gasteiger partial charge is 0.233 e. The van der Waals surface area contributed by atoms with Gasteiger partial charge in [0, 0.05) is 13.1 Å². The van der Waals surface area contributed by atoms with Crippen LogP contribution in [0.2, 0.25) is 0 Å². The van der Waals surface area contributed by atoms with Crippen LogP contribution < -0.4 is 0 Å². The maximum absolute atomic E-state index is 12.9. The van der Waals surface area contributed by atoms with Gasteiger partial charge in [0.2, 0.25) is 16.4 Å². The number of sulfonamides is 1. The number of piperidine rings is 1. The molecule has 0 saturated carbocycles. The number of nitrogens with zero attached hydrogens (tertiary/aromatic N) is 2. The molecule has 2 aromatic rings. The van der Waals surface area contributed by atoms with Gasteiger partial charge in [-0.2, -0.15) is 0 Å². The maximum atomic E-state index is 12.9. The van der Waals surface area contributed by atoms with Crippen LogP contribution >= 0.6 is 0 Å². The Morgan fingerprint density at radius 3 is 2.29 bits per heavy atom. The van der Waals surface area contributed by atoms with Crippen LogP contribution in [-0.4, -0.2) is 48.2 Å². The third-order valence-electron chi connectivity index (χ3n) is 5.38. The Kier molecular flexibility index (Phi) is 6.49. The molecule has 150 valence electrons. The third kappa shape index (κ3) is 4.79. The van der Waals surface area contributed by atoms with E-state index in [1.807, 2.05) is 6.92 Å². The van der Waals surface area contributed by atoms with Crippen molar-refractivity contribution in [2.45, 2.75) is 31.7 Å². The van der Waals surface area contributed by atoms with Crippen LogP contribution in [0.15, 0.2) is 54.6 Å². The number of hydroxylamine groups is 2. The lowest BCUT2D eigenvalue weighted by atomic mass is 9.90. The van der Waals surface area contributed by atoms with E-state index in [-0.39, 0.29) is 12.2 Å². The van der Waals surface area contributed by atoms with Crippen LogP contribution in [0.5, 0.6) is 0 Å². The fraction of sp³-hybridized carbons (Fsp3) is 0.381. The first kappa shape index (κ1) is 20.5. The topological polar surface area (TPSA) is 77.9 Å². The summed E-state index contributed by atoms with van der Waals surface area (Å²) in [6, 6.07) is 16.2. The van der Waals surface area contributed by atoms with Crippen molar-refractivity contribution in [3.05, 3.63) is 71.3 Å². The van der Waals surface area contributed by atoms with Gasteiger partial charge in [0.05, 0.1) is 11.8 Å². The molecule has 0 radical (unpaired) electrons. The van der Waals surface area contributed by atoms with Gasteiger partial charge in [-0.25, -0.2) is 17.8 Å². The van der Waals surface area contributed by atoms with Crippen molar-refractivity contribution in [1.29, 1.82) is 0 Å². The average molecular weight is 403 g/mol. The van der Waals surface area contributed by atoms with E-state index in [1.54, 1.807) is 30.3 Å². The minimum atomic E-state index is -3.63. The van der Waals surface area contributed by atoms with Crippen molar-refractivity contribution in [3.63, 3.8) is 0 Å². The Labute approximate surface area is 166 Å². The Morgan fingerprint density at radius 2 is 1.71 bits per heavy atom. The molecule has 0 spiro atoms. The van der Waals surface area contributed by atoms with Gasteiger partial charge in [0.25, 0.3) is 0 Å². The summed E-state index contributed by atoms with van der Waals surface area (Å²) in [7, 11) is -3.63. The standard InChI is InChI=1S/C21H26N2O4S/c1-17-7-9-18(10-8-17)19-11-13-22(14-12-19)28(26,27)15-21(23(25)16-24)20-5-3-2-4-6-20/h2-10,16,19,21,25H,11-15H2,1H3. The Bertz CT molecular complexity index is 876. The molecule has 1 saturated heterocycles. The molecule has 28 heavy (non-hydrogen) atoms. The molecule has 1 fully saturated rings. The van der Waals surface area contributed by atoms with Gasteiger partial charge in [-0.1, -0.05) is 60.2 Å². The molecule has 1 atom stereocenters. The van der Waals surface area contributed by atoms with Gasteiger partial charge in [-0.3, -0.25) is 10.0 Å². The first-order chi connectivity index (χ1) is 13.4. The molecule has 0 aliphatic carbocycles. The summed E-state index contributed by atoms with van der Waals surface area (Å²) in [6.07, 6.45) is 1.76. The molecule has 2 aromatic carbocycles. The molecule has 6 nitrogen and oxygen atoms in total. The molecule has 1 N–H and O–H groups in total. The van der Waals surface area contributed by atoms with Crippen molar-refractivity contribution in [2.75, 3.05) is 18.8 Å². The van der Waals surface area contributed by atoms with Gasteiger partial charge in [0.1, 0.15) is 0 Å². The monoisotopic (exact) mass is 402 g/mol. The average Bonchev–Trinajstić information content (AvgIpc) is 2.73. The number of benzene rings is 2. The zero-order valence-corrected chi connectivity index (χ0v) is 16.8. The number of amides is 1. The summed E-state index contributed by atoms with van der Waals surface area (Å²) in [5.74, 6) is 0.00263. The Morgan fingerprint density at radius 1 is 1.11 bits per heavy atom. The summed E-state index contributed by atoms with van der Waals surface area (Å²) in [5.41, 5.74) is 3.03. The van der Waals surface area contributed by atoms with Crippen LogP contribution in [0.1, 0.15) is 41.5 Å².